The molecule has 2 amide bonds. The molecule has 0 spiro atoms. The molecule has 1 unspecified atom stereocenters. The molecule has 1 aliphatic heterocycles. The van der Waals surface area contributed by atoms with Crippen LogP contribution < -0.4 is 10.2 Å². The van der Waals surface area contributed by atoms with Gasteiger partial charge in [0.1, 0.15) is 0 Å². The van der Waals surface area contributed by atoms with Crippen LogP contribution in [0.1, 0.15) is 40.4 Å². The van der Waals surface area contributed by atoms with Crippen LogP contribution in [0.4, 0.5) is 10.5 Å². The largest absolute Gasteiger partial charge is 0.478 e. The van der Waals surface area contributed by atoms with Crippen molar-refractivity contribution < 1.29 is 14.7 Å². The maximum absolute atomic E-state index is 12.7. The van der Waals surface area contributed by atoms with Crippen LogP contribution in [0.2, 0.25) is 0 Å². The quantitative estimate of drug-likeness (QED) is 0.848. The monoisotopic (exact) mass is 367 g/mol. The average molecular weight is 367 g/mol. The normalized spacial score (nSPS) is 16.2. The number of urea groups is 1. The van der Waals surface area contributed by atoms with E-state index in [2.05, 4.69) is 28.4 Å². The molecule has 27 heavy (non-hydrogen) atoms. The number of carboxylic acid groups (broad SMARTS) is 1. The molecule has 1 saturated heterocycles. The van der Waals surface area contributed by atoms with Crippen molar-refractivity contribution >= 4 is 17.7 Å². The standard InChI is InChI=1S/C21H25N3O3/c1-23(2)18-6-3-5-17(13-18)19-7-4-12-24(19)21(27)22-14-15-8-10-16(11-9-15)20(25)26/h3,5-6,8-11,13,19H,4,7,12,14H2,1-2H3,(H,22,27)(H,25,26). The summed E-state index contributed by atoms with van der Waals surface area (Å²) >= 11 is 0. The first kappa shape index (κ1) is 18.8. The van der Waals surface area contributed by atoms with Gasteiger partial charge in [-0.1, -0.05) is 24.3 Å². The van der Waals surface area contributed by atoms with Crippen LogP contribution >= 0.6 is 0 Å². The molecule has 6 heteroatoms. The maximum Gasteiger partial charge on any atom is 0.335 e. The second-order valence-electron chi connectivity index (χ2n) is 7.00. The summed E-state index contributed by atoms with van der Waals surface area (Å²) in [6.07, 6.45) is 1.94. The van der Waals surface area contributed by atoms with Gasteiger partial charge in [0.25, 0.3) is 0 Å². The van der Waals surface area contributed by atoms with Gasteiger partial charge in [0.15, 0.2) is 0 Å². The lowest BCUT2D eigenvalue weighted by Crippen LogP contribution is -2.39. The third-order valence-electron chi connectivity index (χ3n) is 4.93. The number of carbonyl (C=O) groups is 2. The molecule has 2 aromatic carbocycles. The van der Waals surface area contributed by atoms with Crippen LogP contribution in [0.25, 0.3) is 0 Å². The zero-order valence-corrected chi connectivity index (χ0v) is 15.7. The van der Waals surface area contributed by atoms with Crippen molar-refractivity contribution in [3.05, 3.63) is 65.2 Å². The Hall–Kier alpha value is -3.02. The number of nitrogens with one attached hydrogen (secondary N) is 1. The fourth-order valence-corrected chi connectivity index (χ4v) is 3.41. The lowest BCUT2D eigenvalue weighted by atomic mass is 10.0. The third-order valence-corrected chi connectivity index (χ3v) is 4.93. The number of nitrogens with zero attached hydrogens (tertiary/aromatic N) is 2. The molecule has 0 aromatic heterocycles. The van der Waals surface area contributed by atoms with Gasteiger partial charge in [0.2, 0.25) is 0 Å². The SMILES string of the molecule is CN(C)c1cccc(C2CCCN2C(=O)NCc2ccc(C(=O)O)cc2)c1. The summed E-state index contributed by atoms with van der Waals surface area (Å²) in [5, 5.41) is 11.9. The topological polar surface area (TPSA) is 72.9 Å². The summed E-state index contributed by atoms with van der Waals surface area (Å²) in [5.74, 6) is -0.953. The highest BCUT2D eigenvalue weighted by molar-refractivity contribution is 5.87. The number of amides is 2. The van der Waals surface area contributed by atoms with Crippen LogP contribution in [-0.4, -0.2) is 42.6 Å². The van der Waals surface area contributed by atoms with Crippen LogP contribution in [-0.2, 0) is 6.54 Å². The van der Waals surface area contributed by atoms with Crippen LogP contribution in [0.5, 0.6) is 0 Å². The van der Waals surface area contributed by atoms with Gasteiger partial charge in [-0.2, -0.15) is 0 Å². The van der Waals surface area contributed by atoms with Gasteiger partial charge in [-0.25, -0.2) is 9.59 Å². The Balaban J connectivity index is 1.65. The van der Waals surface area contributed by atoms with E-state index in [4.69, 9.17) is 5.11 Å². The fraction of sp³-hybridized carbons (Fsp3) is 0.333. The summed E-state index contributed by atoms with van der Waals surface area (Å²) in [6, 6.07) is 14.9. The highest BCUT2D eigenvalue weighted by Gasteiger charge is 2.30. The fourth-order valence-electron chi connectivity index (χ4n) is 3.41. The molecule has 0 saturated carbocycles. The molecule has 1 heterocycles. The second-order valence-corrected chi connectivity index (χ2v) is 7.00. The molecule has 1 aliphatic rings. The maximum atomic E-state index is 12.7. The van der Waals surface area contributed by atoms with E-state index in [0.717, 1.165) is 36.2 Å². The van der Waals surface area contributed by atoms with Crippen molar-refractivity contribution in [2.75, 3.05) is 25.5 Å². The van der Waals surface area contributed by atoms with E-state index in [0.29, 0.717) is 6.54 Å². The summed E-state index contributed by atoms with van der Waals surface area (Å²) in [4.78, 5) is 27.6. The summed E-state index contributed by atoms with van der Waals surface area (Å²) in [7, 11) is 4.02. The minimum absolute atomic E-state index is 0.0827. The summed E-state index contributed by atoms with van der Waals surface area (Å²) < 4.78 is 0. The Bertz CT molecular complexity index is 818. The van der Waals surface area contributed by atoms with E-state index in [1.54, 1.807) is 24.3 Å². The molecule has 1 fully saturated rings. The van der Waals surface area contributed by atoms with Gasteiger partial charge in [0.05, 0.1) is 11.6 Å². The number of carbonyl (C=O) groups excluding carboxylic acids is 1. The average Bonchev–Trinajstić information content (AvgIpc) is 3.16. The van der Waals surface area contributed by atoms with Crippen LogP contribution in [0.15, 0.2) is 48.5 Å². The van der Waals surface area contributed by atoms with Crippen molar-refractivity contribution in [2.45, 2.75) is 25.4 Å². The van der Waals surface area contributed by atoms with Gasteiger partial charge in [-0.15, -0.1) is 0 Å². The molecule has 0 aliphatic carbocycles. The molecule has 2 N–H and O–H groups in total. The zero-order valence-electron chi connectivity index (χ0n) is 15.7. The molecular weight excluding hydrogens is 342 g/mol. The highest BCUT2D eigenvalue weighted by Crippen LogP contribution is 2.33. The van der Waals surface area contributed by atoms with Crippen LogP contribution in [0, 0.1) is 0 Å². The van der Waals surface area contributed by atoms with Gasteiger partial charge in [0, 0.05) is 32.9 Å². The molecule has 3 rings (SSSR count). The van der Waals surface area contributed by atoms with Gasteiger partial charge < -0.3 is 20.2 Å². The first-order valence-electron chi connectivity index (χ1n) is 9.09. The Morgan fingerprint density at radius 3 is 2.59 bits per heavy atom. The van der Waals surface area contributed by atoms with E-state index in [-0.39, 0.29) is 17.6 Å². The molecule has 0 bridgehead atoms. The Morgan fingerprint density at radius 1 is 1.19 bits per heavy atom. The number of hydrogen-bond donors (Lipinski definition) is 2. The Morgan fingerprint density at radius 2 is 1.93 bits per heavy atom. The first-order chi connectivity index (χ1) is 13.0. The van der Waals surface area contributed by atoms with Crippen molar-refractivity contribution in [2.24, 2.45) is 0 Å². The Labute approximate surface area is 159 Å². The number of hydrogen-bond acceptors (Lipinski definition) is 3. The number of rotatable bonds is 5. The summed E-state index contributed by atoms with van der Waals surface area (Å²) in [6.45, 7) is 1.11. The predicted octanol–water partition coefficient (Wildman–Crippen LogP) is 3.50. The minimum Gasteiger partial charge on any atom is -0.478 e. The van der Waals surface area contributed by atoms with Gasteiger partial charge in [-0.05, 0) is 48.2 Å². The molecule has 1 atom stereocenters. The summed E-state index contributed by atoms with van der Waals surface area (Å²) in [5.41, 5.74) is 3.39. The first-order valence-corrected chi connectivity index (χ1v) is 9.09. The van der Waals surface area contributed by atoms with Crippen molar-refractivity contribution in [1.82, 2.24) is 10.2 Å². The van der Waals surface area contributed by atoms with Gasteiger partial charge in [-0.3, -0.25) is 0 Å². The third kappa shape index (κ3) is 4.39. The van der Waals surface area contributed by atoms with E-state index in [1.165, 1.54) is 0 Å². The predicted molar refractivity (Wildman–Crippen MR) is 105 cm³/mol. The molecular formula is C21H25N3O3. The molecule has 142 valence electrons. The lowest BCUT2D eigenvalue weighted by Gasteiger charge is -2.26. The lowest BCUT2D eigenvalue weighted by molar-refractivity contribution is 0.0697. The van der Waals surface area contributed by atoms with E-state index >= 15 is 0 Å². The number of anilines is 1. The minimum atomic E-state index is -0.953. The highest BCUT2D eigenvalue weighted by atomic mass is 16.4. The number of likely N-dealkylation sites (tertiary alicyclic amines) is 1. The van der Waals surface area contributed by atoms with Crippen molar-refractivity contribution in [3.8, 4) is 0 Å². The molecule has 6 nitrogen and oxygen atoms in total. The van der Waals surface area contributed by atoms with E-state index in [1.807, 2.05) is 25.1 Å². The van der Waals surface area contributed by atoms with Crippen molar-refractivity contribution in [3.63, 3.8) is 0 Å². The van der Waals surface area contributed by atoms with E-state index in [9.17, 15) is 9.59 Å². The number of benzene rings is 2. The molecule has 0 radical (unpaired) electrons. The number of aromatic carboxylic acids is 1. The van der Waals surface area contributed by atoms with Crippen LogP contribution in [0.3, 0.4) is 0 Å². The van der Waals surface area contributed by atoms with E-state index < -0.39 is 5.97 Å². The number of carboxylic acids is 1. The Kier molecular flexibility index (Phi) is 5.64. The second kappa shape index (κ2) is 8.12. The van der Waals surface area contributed by atoms with Gasteiger partial charge >= 0.3 is 12.0 Å². The molecule has 2 aromatic rings. The van der Waals surface area contributed by atoms with Crippen molar-refractivity contribution in [1.29, 1.82) is 0 Å². The zero-order chi connectivity index (χ0) is 19.4. The smallest absolute Gasteiger partial charge is 0.335 e.